The zero-order chi connectivity index (χ0) is 9.84. The Balaban J connectivity index is 3.01. The summed E-state index contributed by atoms with van der Waals surface area (Å²) in [5.41, 5.74) is 2.16. The van der Waals surface area contributed by atoms with Crippen LogP contribution in [0.25, 0.3) is 0 Å². The highest BCUT2D eigenvalue weighted by atomic mass is 35.5. The Labute approximate surface area is 83.7 Å². The highest BCUT2D eigenvalue weighted by Crippen LogP contribution is 2.22. The van der Waals surface area contributed by atoms with E-state index in [-0.39, 0.29) is 12.6 Å². The molecule has 0 spiro atoms. The minimum Gasteiger partial charge on any atom is -0.250 e. The summed E-state index contributed by atoms with van der Waals surface area (Å²) in [5, 5.41) is 0.703. The summed E-state index contributed by atoms with van der Waals surface area (Å²) >= 11 is 5.91. The van der Waals surface area contributed by atoms with Crippen molar-refractivity contribution in [3.05, 3.63) is 34.3 Å². The van der Waals surface area contributed by atoms with Crippen LogP contribution in [0, 0.1) is 0 Å². The van der Waals surface area contributed by atoms with Gasteiger partial charge in [-0.1, -0.05) is 31.5 Å². The van der Waals surface area contributed by atoms with Crippen molar-refractivity contribution in [2.24, 2.45) is 0 Å². The predicted octanol–water partition coefficient (Wildman–Crippen LogP) is 3.98. The molecule has 1 rings (SSSR count). The Hall–Kier alpha value is -0.560. The Morgan fingerprint density at radius 2 is 2.08 bits per heavy atom. The molecular weight excluding hydrogens is 187 g/mol. The molecule has 0 fully saturated rings. The van der Waals surface area contributed by atoms with Gasteiger partial charge in [0, 0.05) is 10.9 Å². The number of hydrogen-bond donors (Lipinski definition) is 0. The Morgan fingerprint density at radius 1 is 1.38 bits per heavy atom. The van der Waals surface area contributed by atoms with E-state index in [1.165, 1.54) is 5.56 Å². The molecule has 1 unspecified atom stereocenters. The van der Waals surface area contributed by atoms with Crippen molar-refractivity contribution < 1.29 is 4.39 Å². The van der Waals surface area contributed by atoms with E-state index in [1.807, 2.05) is 25.1 Å². The number of rotatable bonds is 3. The fourth-order valence-electron chi connectivity index (χ4n) is 1.25. The van der Waals surface area contributed by atoms with E-state index in [9.17, 15) is 4.39 Å². The van der Waals surface area contributed by atoms with Crippen LogP contribution in [0.4, 0.5) is 4.39 Å². The van der Waals surface area contributed by atoms with E-state index in [1.54, 1.807) is 0 Å². The van der Waals surface area contributed by atoms with Gasteiger partial charge in [-0.05, 0) is 29.7 Å². The van der Waals surface area contributed by atoms with Crippen LogP contribution >= 0.6 is 11.6 Å². The number of halogens is 2. The summed E-state index contributed by atoms with van der Waals surface area (Å²) in [5.74, 6) is -0.0519. The summed E-state index contributed by atoms with van der Waals surface area (Å²) in [4.78, 5) is 0. The molecule has 0 bridgehead atoms. The first-order valence-corrected chi connectivity index (χ1v) is 4.90. The number of benzene rings is 1. The van der Waals surface area contributed by atoms with Gasteiger partial charge in [0.15, 0.2) is 0 Å². The first-order valence-electron chi connectivity index (χ1n) is 4.52. The smallest absolute Gasteiger partial charge is 0.0960 e. The predicted molar refractivity (Wildman–Crippen MR) is 55.2 cm³/mol. The molecule has 0 aliphatic rings. The van der Waals surface area contributed by atoms with E-state index >= 15 is 0 Å². The van der Waals surface area contributed by atoms with Crippen LogP contribution in [0.15, 0.2) is 18.2 Å². The summed E-state index contributed by atoms with van der Waals surface area (Å²) in [7, 11) is 0. The maximum absolute atomic E-state index is 12.4. The molecule has 0 nitrogen and oxygen atoms in total. The average molecular weight is 201 g/mol. The Bertz CT molecular complexity index is 283. The van der Waals surface area contributed by atoms with Gasteiger partial charge in [-0.3, -0.25) is 4.39 Å². The fourth-order valence-corrected chi connectivity index (χ4v) is 1.52. The lowest BCUT2D eigenvalue weighted by molar-refractivity contribution is 0.447. The molecule has 0 N–H and O–H groups in total. The van der Waals surface area contributed by atoms with Crippen LogP contribution in [0.3, 0.4) is 0 Å². The molecule has 1 atom stereocenters. The van der Waals surface area contributed by atoms with E-state index in [4.69, 9.17) is 11.6 Å². The van der Waals surface area contributed by atoms with Gasteiger partial charge in [0.1, 0.15) is 0 Å². The van der Waals surface area contributed by atoms with Crippen molar-refractivity contribution in [2.75, 3.05) is 6.67 Å². The molecule has 13 heavy (non-hydrogen) atoms. The third-order valence-electron chi connectivity index (χ3n) is 2.19. The van der Waals surface area contributed by atoms with Crippen molar-refractivity contribution in [1.29, 1.82) is 0 Å². The molecule has 1 aromatic carbocycles. The van der Waals surface area contributed by atoms with E-state index in [0.717, 1.165) is 12.0 Å². The molecule has 72 valence electrons. The molecule has 1 aromatic rings. The van der Waals surface area contributed by atoms with Gasteiger partial charge in [0.05, 0.1) is 6.67 Å². The summed E-state index contributed by atoms with van der Waals surface area (Å²) in [6.45, 7) is 3.60. The van der Waals surface area contributed by atoms with Crippen LogP contribution in [0.1, 0.15) is 30.9 Å². The minimum atomic E-state index is -0.330. The molecule has 2 heteroatoms. The Kier molecular flexibility index (Phi) is 3.73. The number of hydrogen-bond acceptors (Lipinski definition) is 0. The van der Waals surface area contributed by atoms with E-state index in [2.05, 4.69) is 6.92 Å². The average Bonchev–Trinajstić information content (AvgIpc) is 2.15. The van der Waals surface area contributed by atoms with Gasteiger partial charge in [0.25, 0.3) is 0 Å². The van der Waals surface area contributed by atoms with Crippen molar-refractivity contribution in [2.45, 2.75) is 26.2 Å². The summed E-state index contributed by atoms with van der Waals surface area (Å²) in [6, 6.07) is 5.79. The van der Waals surface area contributed by atoms with Gasteiger partial charge in [0.2, 0.25) is 0 Å². The van der Waals surface area contributed by atoms with Crippen LogP contribution in [0.5, 0.6) is 0 Å². The molecule has 0 aliphatic carbocycles. The van der Waals surface area contributed by atoms with Crippen molar-refractivity contribution >= 4 is 11.6 Å². The summed E-state index contributed by atoms with van der Waals surface area (Å²) in [6.07, 6.45) is 0.937. The van der Waals surface area contributed by atoms with Crippen LogP contribution in [-0.2, 0) is 6.42 Å². The third kappa shape index (κ3) is 2.70. The highest BCUT2D eigenvalue weighted by Gasteiger charge is 2.06. The molecule has 0 radical (unpaired) electrons. The lowest BCUT2D eigenvalue weighted by atomic mass is 9.99. The lowest BCUT2D eigenvalue weighted by Gasteiger charge is -2.09. The monoisotopic (exact) mass is 200 g/mol. The molecule has 0 amide bonds. The first-order chi connectivity index (χ1) is 6.17. The zero-order valence-electron chi connectivity index (χ0n) is 7.98. The SMILES string of the molecule is CCc1cc(Cl)cc(C(C)CF)c1. The van der Waals surface area contributed by atoms with Gasteiger partial charge in [-0.2, -0.15) is 0 Å². The highest BCUT2D eigenvalue weighted by molar-refractivity contribution is 6.30. The zero-order valence-corrected chi connectivity index (χ0v) is 8.74. The van der Waals surface area contributed by atoms with E-state index in [0.29, 0.717) is 5.02 Å². The van der Waals surface area contributed by atoms with Crippen LogP contribution < -0.4 is 0 Å². The third-order valence-corrected chi connectivity index (χ3v) is 2.41. The van der Waals surface area contributed by atoms with Crippen LogP contribution in [-0.4, -0.2) is 6.67 Å². The van der Waals surface area contributed by atoms with Gasteiger partial charge >= 0.3 is 0 Å². The molecule has 0 saturated heterocycles. The van der Waals surface area contributed by atoms with Gasteiger partial charge in [-0.25, -0.2) is 0 Å². The molecule has 0 aliphatic heterocycles. The van der Waals surface area contributed by atoms with Crippen LogP contribution in [0.2, 0.25) is 5.02 Å². The fraction of sp³-hybridized carbons (Fsp3) is 0.455. The largest absolute Gasteiger partial charge is 0.250 e. The standard InChI is InChI=1S/C11H14ClF/c1-3-9-4-10(8(2)7-13)6-11(12)5-9/h4-6,8H,3,7H2,1-2H3. The topological polar surface area (TPSA) is 0 Å². The quantitative estimate of drug-likeness (QED) is 0.693. The van der Waals surface area contributed by atoms with Gasteiger partial charge < -0.3 is 0 Å². The second-order valence-corrected chi connectivity index (χ2v) is 3.74. The maximum Gasteiger partial charge on any atom is 0.0960 e. The van der Waals surface area contributed by atoms with Crippen molar-refractivity contribution in [1.82, 2.24) is 0 Å². The lowest BCUT2D eigenvalue weighted by Crippen LogP contribution is -1.96. The number of aryl methyl sites for hydroxylation is 1. The van der Waals surface area contributed by atoms with Crippen molar-refractivity contribution in [3.8, 4) is 0 Å². The molecule has 0 saturated carbocycles. The van der Waals surface area contributed by atoms with E-state index < -0.39 is 0 Å². The maximum atomic E-state index is 12.4. The second kappa shape index (κ2) is 4.61. The first kappa shape index (κ1) is 10.5. The second-order valence-electron chi connectivity index (χ2n) is 3.30. The molecular formula is C11H14ClF. The normalized spacial score (nSPS) is 12.9. The molecule has 0 aromatic heterocycles. The summed E-state index contributed by atoms with van der Waals surface area (Å²) < 4.78 is 12.4. The Morgan fingerprint density at radius 3 is 2.62 bits per heavy atom. The molecule has 0 heterocycles. The minimum absolute atomic E-state index is 0.0519. The van der Waals surface area contributed by atoms with Crippen molar-refractivity contribution in [3.63, 3.8) is 0 Å². The number of alkyl halides is 1. The van der Waals surface area contributed by atoms with Gasteiger partial charge in [-0.15, -0.1) is 0 Å².